The van der Waals surface area contributed by atoms with Crippen LogP contribution >= 0.6 is 0 Å². The van der Waals surface area contributed by atoms with Gasteiger partial charge in [-0.3, -0.25) is 9.59 Å². The van der Waals surface area contributed by atoms with Gasteiger partial charge < -0.3 is 34.6 Å². The molecule has 7 atom stereocenters. The molecule has 1 heterocycles. The van der Waals surface area contributed by atoms with E-state index >= 15 is 0 Å². The second-order valence-electron chi connectivity index (χ2n) is 8.39. The molecule has 1 aliphatic rings. The molecular weight excluding hydrogens is 440 g/mol. The van der Waals surface area contributed by atoms with Crippen LogP contribution in [0.2, 0.25) is 0 Å². The molecular formula is C22H41O9S+. The Morgan fingerprint density at radius 3 is 2.34 bits per heavy atom. The van der Waals surface area contributed by atoms with Gasteiger partial charge in [-0.05, 0) is 24.2 Å². The molecule has 0 saturated carbocycles. The standard InChI is InChI=1S/C22H41O9S/c1-15(24)16(13-17(25)5-4-8-30-10-9-29-2)6-11-32(3)12-7-18-20(26)22(28)21(27)19(14-23)31-18/h16,18-23,26-28H,4-14H2,1-3H3/q+1/t16-,18-,19-,20+,21+,22-,32?/m1/s1. The Bertz CT molecular complexity index is 545. The summed E-state index contributed by atoms with van der Waals surface area (Å²) in [6.45, 7) is 2.61. The average Bonchev–Trinajstić information content (AvgIpc) is 2.76. The fourth-order valence-corrected chi connectivity index (χ4v) is 5.15. The number of aliphatic hydroxyl groups is 4. The first kappa shape index (κ1) is 29.4. The first-order valence-electron chi connectivity index (χ1n) is 11.2. The lowest BCUT2D eigenvalue weighted by Gasteiger charge is -2.39. The maximum atomic E-state index is 12.2. The van der Waals surface area contributed by atoms with E-state index in [0.29, 0.717) is 51.3 Å². The molecule has 0 aromatic rings. The molecule has 1 unspecified atom stereocenters. The van der Waals surface area contributed by atoms with Crippen LogP contribution in [0.3, 0.4) is 0 Å². The molecule has 0 spiro atoms. The van der Waals surface area contributed by atoms with Crippen LogP contribution in [0.25, 0.3) is 0 Å². The van der Waals surface area contributed by atoms with Crippen molar-refractivity contribution in [3.8, 4) is 0 Å². The van der Waals surface area contributed by atoms with Crippen molar-refractivity contribution in [2.24, 2.45) is 5.92 Å². The third-order valence-electron chi connectivity index (χ3n) is 5.78. The summed E-state index contributed by atoms with van der Waals surface area (Å²) in [5.74, 6) is 1.27. The van der Waals surface area contributed by atoms with Crippen LogP contribution in [0, 0.1) is 5.92 Å². The number of carbonyl (C=O) groups excluding carboxylic acids is 2. The van der Waals surface area contributed by atoms with Gasteiger partial charge in [0, 0.05) is 45.3 Å². The van der Waals surface area contributed by atoms with Crippen molar-refractivity contribution in [1.29, 1.82) is 0 Å². The van der Waals surface area contributed by atoms with E-state index in [0.717, 1.165) is 5.75 Å². The highest BCUT2D eigenvalue weighted by atomic mass is 32.2. The number of aliphatic hydroxyl groups excluding tert-OH is 4. The van der Waals surface area contributed by atoms with Gasteiger partial charge in [0.05, 0.1) is 32.2 Å². The van der Waals surface area contributed by atoms with E-state index in [-0.39, 0.29) is 34.8 Å². The van der Waals surface area contributed by atoms with Crippen molar-refractivity contribution in [3.05, 3.63) is 0 Å². The van der Waals surface area contributed by atoms with Crippen LogP contribution in [0.15, 0.2) is 0 Å². The zero-order valence-corrected chi connectivity index (χ0v) is 20.3. The van der Waals surface area contributed by atoms with Gasteiger partial charge in [-0.2, -0.15) is 0 Å². The summed E-state index contributed by atoms with van der Waals surface area (Å²) >= 11 is 0. The van der Waals surface area contributed by atoms with Crippen LogP contribution in [0.1, 0.15) is 39.0 Å². The minimum absolute atomic E-state index is 0.0145. The van der Waals surface area contributed by atoms with Gasteiger partial charge in [-0.1, -0.05) is 0 Å². The fourth-order valence-electron chi connectivity index (χ4n) is 3.62. The molecule has 0 aliphatic carbocycles. The smallest absolute Gasteiger partial charge is 0.133 e. The van der Waals surface area contributed by atoms with E-state index in [1.165, 1.54) is 6.92 Å². The number of rotatable bonds is 17. The van der Waals surface area contributed by atoms with Gasteiger partial charge in [0.2, 0.25) is 0 Å². The van der Waals surface area contributed by atoms with E-state index in [9.17, 15) is 30.0 Å². The molecule has 9 nitrogen and oxygen atoms in total. The maximum Gasteiger partial charge on any atom is 0.133 e. The molecule has 10 heteroatoms. The molecule has 1 aliphatic heterocycles. The molecule has 188 valence electrons. The Kier molecular flexibility index (Phi) is 14.8. The zero-order chi connectivity index (χ0) is 24.1. The lowest BCUT2D eigenvalue weighted by molar-refractivity contribution is -0.229. The van der Waals surface area contributed by atoms with Crippen LogP contribution < -0.4 is 0 Å². The summed E-state index contributed by atoms with van der Waals surface area (Å²) in [5, 5.41) is 39.2. The van der Waals surface area contributed by atoms with Gasteiger partial charge >= 0.3 is 0 Å². The van der Waals surface area contributed by atoms with E-state index < -0.39 is 37.1 Å². The van der Waals surface area contributed by atoms with Gasteiger partial charge in [-0.15, -0.1) is 0 Å². The molecule has 1 rings (SSSR count). The van der Waals surface area contributed by atoms with Crippen molar-refractivity contribution in [3.63, 3.8) is 0 Å². The van der Waals surface area contributed by atoms with Crippen molar-refractivity contribution in [2.45, 2.75) is 69.5 Å². The third-order valence-corrected chi connectivity index (χ3v) is 7.65. The number of hydrogen-bond donors (Lipinski definition) is 4. The van der Waals surface area contributed by atoms with Gasteiger partial charge in [0.1, 0.15) is 47.5 Å². The SMILES string of the molecule is COCCOCCCC(=O)C[C@@H](CC[S+](C)CC[C@H]1O[C@H](CO)[C@H](O)[C@H](O)[C@H]1O)C(C)=O. The van der Waals surface area contributed by atoms with Crippen molar-refractivity contribution in [1.82, 2.24) is 0 Å². The zero-order valence-electron chi connectivity index (χ0n) is 19.5. The Morgan fingerprint density at radius 2 is 1.72 bits per heavy atom. The fraction of sp³-hybridized carbons (Fsp3) is 0.909. The van der Waals surface area contributed by atoms with Crippen molar-refractivity contribution >= 4 is 22.5 Å². The van der Waals surface area contributed by atoms with Gasteiger partial charge in [0.25, 0.3) is 0 Å². The quantitative estimate of drug-likeness (QED) is 0.159. The number of carbonyl (C=O) groups is 2. The number of ether oxygens (including phenoxy) is 3. The molecule has 0 aromatic carbocycles. The van der Waals surface area contributed by atoms with Crippen LogP contribution in [-0.2, 0) is 34.7 Å². The van der Waals surface area contributed by atoms with Crippen LogP contribution in [0.5, 0.6) is 0 Å². The predicted octanol–water partition coefficient (Wildman–Crippen LogP) is -0.535. The molecule has 0 aromatic heterocycles. The monoisotopic (exact) mass is 481 g/mol. The van der Waals surface area contributed by atoms with Crippen molar-refractivity contribution in [2.75, 3.05) is 51.3 Å². The van der Waals surface area contributed by atoms with Gasteiger partial charge in [0.15, 0.2) is 0 Å². The lowest BCUT2D eigenvalue weighted by atomic mass is 9.94. The highest BCUT2D eigenvalue weighted by Crippen LogP contribution is 2.24. The highest BCUT2D eigenvalue weighted by Gasteiger charge is 2.43. The summed E-state index contributed by atoms with van der Waals surface area (Å²) in [5.41, 5.74) is 0. The summed E-state index contributed by atoms with van der Waals surface area (Å²) in [6.07, 6.45) is -1.07. The van der Waals surface area contributed by atoms with Gasteiger partial charge in [-0.25, -0.2) is 0 Å². The van der Waals surface area contributed by atoms with E-state index in [4.69, 9.17) is 14.2 Å². The summed E-state index contributed by atoms with van der Waals surface area (Å²) in [6, 6.07) is 0. The van der Waals surface area contributed by atoms with E-state index in [1.807, 2.05) is 0 Å². The molecule has 4 N–H and O–H groups in total. The Labute approximate surface area is 193 Å². The number of Topliss-reactive ketones (excluding diaryl/α,β-unsaturated/α-hetero) is 2. The van der Waals surface area contributed by atoms with Crippen LogP contribution in [-0.4, -0.2) is 114 Å². The topological polar surface area (TPSA) is 143 Å². The largest absolute Gasteiger partial charge is 0.394 e. The van der Waals surface area contributed by atoms with Crippen molar-refractivity contribution < 1.29 is 44.2 Å². The summed E-state index contributed by atoms with van der Waals surface area (Å²) in [4.78, 5) is 24.2. The average molecular weight is 482 g/mol. The summed E-state index contributed by atoms with van der Waals surface area (Å²) < 4.78 is 15.8. The predicted molar refractivity (Wildman–Crippen MR) is 122 cm³/mol. The molecule has 0 amide bonds. The minimum atomic E-state index is -1.36. The second kappa shape index (κ2) is 16.1. The molecule has 1 fully saturated rings. The first-order chi connectivity index (χ1) is 15.2. The van der Waals surface area contributed by atoms with E-state index in [2.05, 4.69) is 6.26 Å². The molecule has 0 radical (unpaired) electrons. The highest BCUT2D eigenvalue weighted by molar-refractivity contribution is 7.96. The molecule has 32 heavy (non-hydrogen) atoms. The molecule has 1 saturated heterocycles. The number of methoxy groups -OCH3 is 1. The Morgan fingerprint density at radius 1 is 1.03 bits per heavy atom. The lowest BCUT2D eigenvalue weighted by Crippen LogP contribution is -2.58. The first-order valence-corrected chi connectivity index (χ1v) is 13.2. The Balaban J connectivity index is 2.35. The third kappa shape index (κ3) is 10.6. The normalized spacial score (nSPS) is 27.8. The second-order valence-corrected chi connectivity index (χ2v) is 10.8. The summed E-state index contributed by atoms with van der Waals surface area (Å²) in [7, 11) is 1.53. The minimum Gasteiger partial charge on any atom is -0.394 e. The number of ketones is 2. The Hall–Kier alpha value is -0.590. The van der Waals surface area contributed by atoms with E-state index in [1.54, 1.807) is 7.11 Å². The van der Waals surface area contributed by atoms with Crippen LogP contribution in [0.4, 0.5) is 0 Å². The number of hydrogen-bond acceptors (Lipinski definition) is 9. The maximum absolute atomic E-state index is 12.2. The molecule has 0 bridgehead atoms.